The third kappa shape index (κ3) is 53.1. The normalized spacial score (nSPS) is 11.6. The second kappa shape index (κ2) is 37.8. The first kappa shape index (κ1) is 48.7. The van der Waals surface area contributed by atoms with E-state index in [1.54, 1.807) is 0 Å². The average Bonchev–Trinajstić information content (AvgIpc) is 2.92. The van der Waals surface area contributed by atoms with Crippen LogP contribution in [0.4, 0.5) is 0 Å². The maximum absolute atomic E-state index is 10.2. The number of hydrogen-bond donors (Lipinski definition) is 0. The molecule has 0 bridgehead atoms. The molecule has 0 radical (unpaired) electrons. The SMILES string of the molecule is CCCCCCCCCCCCCCCCOS(=O)(=O)[O-].CCCCCCCCCCCCCCCCOS(=O)(=O)[O-].[Ba+2]. The molecule has 0 rings (SSSR count). The van der Waals surface area contributed by atoms with Gasteiger partial charge in [0.2, 0.25) is 20.8 Å². The van der Waals surface area contributed by atoms with Crippen LogP contribution in [0.2, 0.25) is 0 Å². The zero-order valence-electron chi connectivity index (χ0n) is 28.0. The standard InChI is InChI=1S/2C16H34O4S.Ba/c2*1-2-3-4-5-6-7-8-9-10-11-12-13-14-15-16-20-21(17,18)19;/h2*2-16H2,1H3,(H,17,18,19);/q;;+2/p-2. The van der Waals surface area contributed by atoms with Crippen molar-refractivity contribution in [2.45, 2.75) is 194 Å². The Bertz CT molecular complexity index is 672. The molecule has 0 atom stereocenters. The Morgan fingerprint density at radius 3 is 0.674 bits per heavy atom. The van der Waals surface area contributed by atoms with Crippen molar-refractivity contribution in [1.82, 2.24) is 0 Å². The topological polar surface area (TPSA) is 133 Å². The molecule has 0 heterocycles. The summed E-state index contributed by atoms with van der Waals surface area (Å²) in [6, 6.07) is 0. The van der Waals surface area contributed by atoms with E-state index in [0.717, 1.165) is 25.7 Å². The second-order valence-electron chi connectivity index (χ2n) is 11.7. The fourth-order valence-corrected chi connectivity index (χ4v) is 5.56. The molecule has 11 heteroatoms. The number of unbranched alkanes of at least 4 members (excludes halogenated alkanes) is 26. The molecule has 8 nitrogen and oxygen atoms in total. The van der Waals surface area contributed by atoms with Gasteiger partial charge >= 0.3 is 48.9 Å². The summed E-state index contributed by atoms with van der Waals surface area (Å²) in [5.74, 6) is 0. The van der Waals surface area contributed by atoms with Crippen molar-refractivity contribution in [3.05, 3.63) is 0 Å². The average molecular weight is 780 g/mol. The molecule has 0 saturated carbocycles. The van der Waals surface area contributed by atoms with Gasteiger partial charge in [0.05, 0.1) is 13.2 Å². The van der Waals surface area contributed by atoms with Crippen LogP contribution < -0.4 is 0 Å². The molecule has 0 N–H and O–H groups in total. The van der Waals surface area contributed by atoms with Gasteiger partial charge in [0.1, 0.15) is 0 Å². The van der Waals surface area contributed by atoms with Gasteiger partial charge in [0.25, 0.3) is 0 Å². The zero-order chi connectivity index (χ0) is 31.6. The first-order valence-corrected chi connectivity index (χ1v) is 20.0. The summed E-state index contributed by atoms with van der Waals surface area (Å²) in [5, 5.41) is 0. The third-order valence-corrected chi connectivity index (χ3v) is 8.36. The molecule has 43 heavy (non-hydrogen) atoms. The molecule has 0 aromatic heterocycles. The van der Waals surface area contributed by atoms with Gasteiger partial charge in [-0.2, -0.15) is 0 Å². The van der Waals surface area contributed by atoms with Gasteiger partial charge < -0.3 is 9.11 Å². The summed E-state index contributed by atoms with van der Waals surface area (Å²) in [4.78, 5) is 0. The van der Waals surface area contributed by atoms with Gasteiger partial charge in [-0.15, -0.1) is 0 Å². The van der Waals surface area contributed by atoms with Crippen LogP contribution in [0.1, 0.15) is 194 Å². The molecular weight excluding hydrogens is 714 g/mol. The molecule has 0 aliphatic rings. The van der Waals surface area contributed by atoms with E-state index in [-0.39, 0.29) is 62.1 Å². The summed E-state index contributed by atoms with van der Waals surface area (Å²) in [6.07, 6.45) is 34.8. The monoisotopic (exact) mass is 780 g/mol. The minimum absolute atomic E-state index is 0. The molecule has 0 aliphatic carbocycles. The van der Waals surface area contributed by atoms with Crippen molar-refractivity contribution in [1.29, 1.82) is 0 Å². The van der Waals surface area contributed by atoms with Crippen LogP contribution in [0, 0.1) is 0 Å². The molecule has 0 unspecified atom stereocenters. The predicted octanol–water partition coefficient (Wildman–Crippen LogP) is 9.51. The Balaban J connectivity index is -0.000000727. The zero-order valence-corrected chi connectivity index (χ0v) is 34.1. The van der Waals surface area contributed by atoms with Gasteiger partial charge in [-0.3, -0.25) is 8.37 Å². The van der Waals surface area contributed by atoms with E-state index in [1.165, 1.54) is 141 Å². The maximum atomic E-state index is 10.2. The van der Waals surface area contributed by atoms with E-state index in [4.69, 9.17) is 0 Å². The van der Waals surface area contributed by atoms with E-state index in [9.17, 15) is 25.9 Å². The minimum atomic E-state index is -4.49. The minimum Gasteiger partial charge on any atom is -0.726 e. The molecule has 0 spiro atoms. The maximum Gasteiger partial charge on any atom is 2.00 e. The van der Waals surface area contributed by atoms with Crippen LogP contribution in [-0.4, -0.2) is 88.0 Å². The molecule has 0 saturated heterocycles. The molecule has 0 aliphatic heterocycles. The number of hydrogen-bond acceptors (Lipinski definition) is 8. The van der Waals surface area contributed by atoms with Gasteiger partial charge in [0, 0.05) is 0 Å². The van der Waals surface area contributed by atoms with Crippen molar-refractivity contribution < 1.29 is 34.3 Å². The third-order valence-electron chi connectivity index (χ3n) is 7.45. The van der Waals surface area contributed by atoms with Crippen molar-refractivity contribution in [3.63, 3.8) is 0 Å². The van der Waals surface area contributed by atoms with E-state index >= 15 is 0 Å². The van der Waals surface area contributed by atoms with Crippen molar-refractivity contribution in [3.8, 4) is 0 Å². The largest absolute Gasteiger partial charge is 2.00 e. The summed E-state index contributed by atoms with van der Waals surface area (Å²) in [5.41, 5.74) is 0. The molecule has 0 aromatic carbocycles. The summed E-state index contributed by atoms with van der Waals surface area (Å²) >= 11 is 0. The predicted molar refractivity (Wildman–Crippen MR) is 178 cm³/mol. The number of rotatable bonds is 32. The molecule has 0 fully saturated rings. The molecule has 0 aromatic rings. The van der Waals surface area contributed by atoms with Crippen LogP contribution in [0.5, 0.6) is 0 Å². The van der Waals surface area contributed by atoms with Crippen LogP contribution in [0.25, 0.3) is 0 Å². The van der Waals surface area contributed by atoms with Crippen molar-refractivity contribution in [2.75, 3.05) is 13.2 Å². The Kier molecular flexibility index (Phi) is 42.8. The summed E-state index contributed by atoms with van der Waals surface area (Å²) in [6.45, 7) is 4.56. The molecule has 0 amide bonds. The van der Waals surface area contributed by atoms with Gasteiger partial charge in [0.15, 0.2) is 0 Å². The quantitative estimate of drug-likeness (QED) is 0.0285. The fourth-order valence-electron chi connectivity index (χ4n) is 4.92. The van der Waals surface area contributed by atoms with Gasteiger partial charge in [-0.25, -0.2) is 16.8 Å². The van der Waals surface area contributed by atoms with Crippen LogP contribution >= 0.6 is 0 Å². The smallest absolute Gasteiger partial charge is 0.726 e. The molecular formula is C32H66BaO8S2. The van der Waals surface area contributed by atoms with Gasteiger partial charge in [-0.05, 0) is 12.8 Å². The van der Waals surface area contributed by atoms with Crippen LogP contribution in [0.3, 0.4) is 0 Å². The summed E-state index contributed by atoms with van der Waals surface area (Å²) in [7, 11) is -8.98. The van der Waals surface area contributed by atoms with E-state index in [0.29, 0.717) is 12.8 Å². The van der Waals surface area contributed by atoms with Crippen LogP contribution in [0.15, 0.2) is 0 Å². The first-order chi connectivity index (χ1) is 20.1. The van der Waals surface area contributed by atoms with E-state index in [2.05, 4.69) is 22.2 Å². The summed E-state index contributed by atoms with van der Waals surface area (Å²) < 4.78 is 69.4. The van der Waals surface area contributed by atoms with E-state index in [1.807, 2.05) is 0 Å². The molecule has 256 valence electrons. The van der Waals surface area contributed by atoms with Crippen molar-refractivity contribution in [2.24, 2.45) is 0 Å². The Hall–Kier alpha value is 1.31. The Morgan fingerprint density at radius 2 is 0.512 bits per heavy atom. The van der Waals surface area contributed by atoms with Gasteiger partial charge in [-0.1, -0.05) is 181 Å². The Labute approximate surface area is 308 Å². The van der Waals surface area contributed by atoms with Crippen molar-refractivity contribution >= 4 is 69.7 Å². The second-order valence-corrected chi connectivity index (χ2v) is 13.8. The van der Waals surface area contributed by atoms with E-state index < -0.39 is 20.8 Å². The Morgan fingerprint density at radius 1 is 0.349 bits per heavy atom. The first-order valence-electron chi connectivity index (χ1n) is 17.3. The van der Waals surface area contributed by atoms with Crippen LogP contribution in [-0.2, 0) is 29.2 Å². The fraction of sp³-hybridized carbons (Fsp3) is 1.00.